The summed E-state index contributed by atoms with van der Waals surface area (Å²) in [5.41, 5.74) is 6.81. The van der Waals surface area contributed by atoms with Gasteiger partial charge in [0.05, 0.1) is 46.8 Å². The molecule has 338 valence electrons. The van der Waals surface area contributed by atoms with E-state index in [0.29, 0.717) is 61.8 Å². The zero-order chi connectivity index (χ0) is 44.4. The molecule has 5 heterocycles. The van der Waals surface area contributed by atoms with Crippen LogP contribution >= 0.6 is 0 Å². The molecule has 4 aromatic rings. The summed E-state index contributed by atoms with van der Waals surface area (Å²) >= 11 is 0. The highest BCUT2D eigenvalue weighted by atomic mass is 16.7. The van der Waals surface area contributed by atoms with E-state index in [2.05, 4.69) is 36.1 Å². The first kappa shape index (κ1) is 44.4. The van der Waals surface area contributed by atoms with E-state index in [-0.39, 0.29) is 41.8 Å². The topological polar surface area (TPSA) is 126 Å². The van der Waals surface area contributed by atoms with Gasteiger partial charge in [0.15, 0.2) is 28.8 Å². The van der Waals surface area contributed by atoms with Crippen LogP contribution in [0.25, 0.3) is 5.69 Å². The molecule has 8 rings (SSSR count). The number of aromatic nitrogens is 2. The molecule has 0 bridgehead atoms. The van der Waals surface area contributed by atoms with Crippen LogP contribution in [0.5, 0.6) is 23.0 Å². The van der Waals surface area contributed by atoms with Crippen molar-refractivity contribution >= 4 is 5.91 Å². The van der Waals surface area contributed by atoms with Crippen LogP contribution in [0.4, 0.5) is 0 Å². The number of nitrogens with zero attached hydrogens (tertiary/aromatic N) is 4. The fourth-order valence-corrected chi connectivity index (χ4v) is 10.8. The van der Waals surface area contributed by atoms with E-state index in [1.807, 2.05) is 60.0 Å². The van der Waals surface area contributed by atoms with Crippen LogP contribution in [0.1, 0.15) is 97.0 Å². The lowest BCUT2D eigenvalue weighted by molar-refractivity contribution is -0.155. The van der Waals surface area contributed by atoms with Gasteiger partial charge in [0.2, 0.25) is 6.29 Å². The second kappa shape index (κ2) is 19.2. The molecule has 0 aliphatic carbocycles. The molecule has 4 aliphatic rings. The number of carbonyl (C=O) groups is 1. The third kappa shape index (κ3) is 8.59. The highest BCUT2D eigenvalue weighted by Crippen LogP contribution is 2.50. The van der Waals surface area contributed by atoms with Crippen molar-refractivity contribution in [3.63, 3.8) is 0 Å². The van der Waals surface area contributed by atoms with Gasteiger partial charge in [-0.1, -0.05) is 31.5 Å². The van der Waals surface area contributed by atoms with Crippen molar-refractivity contribution in [3.05, 3.63) is 110 Å². The Morgan fingerprint density at radius 2 is 1.49 bits per heavy atom. The van der Waals surface area contributed by atoms with Crippen LogP contribution in [0, 0.1) is 18.8 Å². The van der Waals surface area contributed by atoms with Crippen LogP contribution in [0.15, 0.2) is 71.2 Å². The minimum atomic E-state index is -0.766. The number of hydrogen-bond acceptors (Lipinski definition) is 10. The number of methoxy groups -OCH3 is 4. The minimum absolute atomic E-state index is 0.0615. The number of fused-ring (bicyclic) bond motifs is 4. The summed E-state index contributed by atoms with van der Waals surface area (Å²) in [5.74, 6) is 3.01. The second-order valence-corrected chi connectivity index (χ2v) is 17.4. The Bertz CT molecular complexity index is 2360. The van der Waals surface area contributed by atoms with Crippen molar-refractivity contribution in [1.29, 1.82) is 0 Å². The minimum Gasteiger partial charge on any atom is -0.493 e. The van der Waals surface area contributed by atoms with E-state index >= 15 is 4.79 Å². The number of amides is 1. The standard InChI is InChI=1S/C50H64N4O9/c1-8-32-30-52-18-16-33-24-42(58-4)44(60-6)28-38(33)40(52)22-35(32)23-41-39-29-45(61-7)43(59-5)25-34(39)17-19-53(41)49(56)46-26-36(27-47(63-46)62-21-13-12-20-55)48-31(2)51(3)54(50(48)57)37-14-10-9-11-15-37/h9-11,14-15,24-26,28-29,32,35-36,40-41,47,55H,8,12-13,16-23,27,30H2,1-7H3/t32-,35+,36-,40-,41+,47+/m0/s1. The van der Waals surface area contributed by atoms with Gasteiger partial charge in [-0.15, -0.1) is 0 Å². The second-order valence-electron chi connectivity index (χ2n) is 17.4. The SMILES string of the molecule is CC[C@H]1CN2CCc3cc(OC)c(OC)cc3[C@@H]2C[C@@H]1C[C@@H]1c2cc(OC)c(OC)cc2CCN1C(=O)C1=C[C@H](c2c(C)n(C)n(-c3ccccc3)c2=O)C[C@H](OCCCCO)O1. The molecule has 0 saturated carbocycles. The molecule has 6 atom stereocenters. The van der Waals surface area contributed by atoms with Gasteiger partial charge in [0.25, 0.3) is 11.5 Å². The first-order valence-electron chi connectivity index (χ1n) is 22.6. The van der Waals surface area contributed by atoms with Gasteiger partial charge < -0.3 is 38.4 Å². The first-order valence-corrected chi connectivity index (χ1v) is 22.6. The van der Waals surface area contributed by atoms with E-state index in [1.165, 1.54) is 11.1 Å². The molecule has 63 heavy (non-hydrogen) atoms. The summed E-state index contributed by atoms with van der Waals surface area (Å²) in [5, 5.41) is 9.47. The van der Waals surface area contributed by atoms with Gasteiger partial charge in [0.1, 0.15) is 0 Å². The molecular weight excluding hydrogens is 801 g/mol. The van der Waals surface area contributed by atoms with Gasteiger partial charge in [-0.05, 0) is 122 Å². The third-order valence-electron chi connectivity index (χ3n) is 14.2. The Morgan fingerprint density at radius 3 is 2.16 bits per heavy atom. The number of aliphatic hydroxyl groups is 1. The zero-order valence-electron chi connectivity index (χ0n) is 37.9. The van der Waals surface area contributed by atoms with Crippen molar-refractivity contribution in [2.45, 2.75) is 89.5 Å². The number of benzene rings is 3. The van der Waals surface area contributed by atoms with Crippen LogP contribution in [0.2, 0.25) is 0 Å². The summed E-state index contributed by atoms with van der Waals surface area (Å²) < 4.78 is 39.5. The molecular formula is C50H64N4O9. The number of ether oxygens (including phenoxy) is 6. The normalized spacial score (nSPS) is 23.2. The lowest BCUT2D eigenvalue weighted by atomic mass is 9.72. The maximum absolute atomic E-state index is 15.4. The summed E-state index contributed by atoms with van der Waals surface area (Å²) in [7, 11) is 8.57. The van der Waals surface area contributed by atoms with E-state index in [0.717, 1.165) is 72.8 Å². The summed E-state index contributed by atoms with van der Waals surface area (Å²) in [4.78, 5) is 34.4. The monoisotopic (exact) mass is 864 g/mol. The van der Waals surface area contributed by atoms with Gasteiger partial charge in [-0.2, -0.15) is 0 Å². The number of para-hydroxylation sites is 1. The van der Waals surface area contributed by atoms with Gasteiger partial charge in [-0.25, -0.2) is 4.68 Å². The van der Waals surface area contributed by atoms with E-state index in [4.69, 9.17) is 28.4 Å². The smallest absolute Gasteiger partial charge is 0.289 e. The maximum Gasteiger partial charge on any atom is 0.289 e. The van der Waals surface area contributed by atoms with Gasteiger partial charge >= 0.3 is 0 Å². The third-order valence-corrected chi connectivity index (χ3v) is 14.2. The summed E-state index contributed by atoms with van der Waals surface area (Å²) in [6.45, 7) is 7.08. The van der Waals surface area contributed by atoms with E-state index in [9.17, 15) is 9.90 Å². The molecule has 13 heteroatoms. The highest BCUT2D eigenvalue weighted by molar-refractivity contribution is 5.92. The molecule has 3 aromatic carbocycles. The molecule has 0 unspecified atom stereocenters. The molecule has 1 N–H and O–H groups in total. The van der Waals surface area contributed by atoms with Crippen molar-refractivity contribution in [1.82, 2.24) is 19.2 Å². The fourth-order valence-electron chi connectivity index (χ4n) is 10.8. The zero-order valence-corrected chi connectivity index (χ0v) is 37.9. The van der Waals surface area contributed by atoms with Crippen LogP contribution in [-0.4, -0.2) is 97.8 Å². The summed E-state index contributed by atoms with van der Waals surface area (Å²) in [6, 6.07) is 18.0. The van der Waals surface area contributed by atoms with E-state index < -0.39 is 12.2 Å². The number of unbranched alkanes of at least 4 members (excludes halogenated alkanes) is 1. The van der Waals surface area contributed by atoms with Crippen LogP contribution in [0.3, 0.4) is 0 Å². The van der Waals surface area contributed by atoms with Gasteiger partial charge in [0, 0.05) is 62.9 Å². The number of carbonyl (C=O) groups excluding carboxylic acids is 1. The fraction of sp³-hybridized carbons (Fsp3) is 0.520. The maximum atomic E-state index is 15.4. The number of allylic oxidation sites excluding steroid dienone is 1. The molecule has 1 aromatic heterocycles. The van der Waals surface area contributed by atoms with E-state index in [1.54, 1.807) is 33.1 Å². The Balaban J connectivity index is 1.17. The van der Waals surface area contributed by atoms with Crippen molar-refractivity contribution in [3.8, 4) is 28.7 Å². The average Bonchev–Trinajstić information content (AvgIpc) is 3.54. The quantitative estimate of drug-likeness (QED) is 0.123. The number of hydrogen-bond donors (Lipinski definition) is 1. The summed E-state index contributed by atoms with van der Waals surface area (Å²) in [6.07, 6.45) is 6.97. The molecule has 4 aliphatic heterocycles. The van der Waals surface area contributed by atoms with Crippen molar-refractivity contribution in [2.75, 3.05) is 61.3 Å². The molecule has 0 spiro atoms. The Labute approximate surface area is 371 Å². The van der Waals surface area contributed by atoms with Gasteiger partial charge in [-0.3, -0.25) is 19.2 Å². The number of piperidine rings is 1. The predicted octanol–water partition coefficient (Wildman–Crippen LogP) is 7.18. The molecule has 1 amide bonds. The Kier molecular flexibility index (Phi) is 13.6. The predicted molar refractivity (Wildman–Crippen MR) is 240 cm³/mol. The van der Waals surface area contributed by atoms with Crippen molar-refractivity contribution in [2.24, 2.45) is 18.9 Å². The molecule has 1 saturated heterocycles. The lowest BCUT2D eigenvalue weighted by Gasteiger charge is -2.49. The lowest BCUT2D eigenvalue weighted by Crippen LogP contribution is -2.48. The first-order chi connectivity index (χ1) is 30.6. The molecule has 13 nitrogen and oxygen atoms in total. The molecule has 1 fully saturated rings. The molecule has 0 radical (unpaired) electrons. The van der Waals surface area contributed by atoms with Crippen LogP contribution in [-0.2, 0) is 34.2 Å². The van der Waals surface area contributed by atoms with Crippen molar-refractivity contribution < 1.29 is 38.3 Å². The highest BCUT2D eigenvalue weighted by Gasteiger charge is 2.44. The average molecular weight is 865 g/mol. The number of rotatable bonds is 15. The Morgan fingerprint density at radius 1 is 0.841 bits per heavy atom. The number of aliphatic hydroxyl groups excluding tert-OH is 1. The largest absolute Gasteiger partial charge is 0.493 e. The Hall–Kier alpha value is -5.24. The van der Waals surface area contributed by atoms with Crippen LogP contribution < -0.4 is 24.5 Å².